The van der Waals surface area contributed by atoms with Gasteiger partial charge in [-0.3, -0.25) is 9.82 Å². The number of nitrogens with zero attached hydrogens (tertiary/aromatic N) is 8. The molecule has 0 aromatic rings. The van der Waals surface area contributed by atoms with Crippen LogP contribution >= 0.6 is 31.7 Å². The van der Waals surface area contributed by atoms with E-state index in [4.69, 9.17) is 45.8 Å². The maximum absolute atomic E-state index is 6.75. The minimum atomic E-state index is -0.0959. The predicted octanol–water partition coefficient (Wildman–Crippen LogP) is 19.3. The van der Waals surface area contributed by atoms with E-state index in [1.165, 1.54) is 55.1 Å². The summed E-state index contributed by atoms with van der Waals surface area (Å²) in [6, 6.07) is 0. The predicted molar refractivity (Wildman–Crippen MR) is 288 cm³/mol. The van der Waals surface area contributed by atoms with Crippen LogP contribution in [0.4, 0.5) is 0 Å². The zero-order valence-corrected chi connectivity index (χ0v) is 50.1. The van der Waals surface area contributed by atoms with Gasteiger partial charge in [-0.25, -0.2) is 0 Å². The molecule has 0 amide bonds. The van der Waals surface area contributed by atoms with Gasteiger partial charge in [-0.15, -0.1) is 0 Å². The molecule has 8 aliphatic carbocycles. The summed E-state index contributed by atoms with van der Waals surface area (Å²) in [5, 5.41) is 12.5. The molecule has 0 N–H and O–H groups in total. The maximum Gasteiger partial charge on any atom is 2.00 e. The molecule has 8 nitrogen and oxygen atoms in total. The van der Waals surface area contributed by atoms with Gasteiger partial charge in [0, 0.05) is 52.8 Å². The van der Waals surface area contributed by atoms with Crippen molar-refractivity contribution in [1.82, 2.24) is 0 Å². The normalized spacial score (nSPS) is 23.4. The van der Waals surface area contributed by atoms with Crippen molar-refractivity contribution in [3.8, 4) is 0 Å². The van der Waals surface area contributed by atoms with Gasteiger partial charge in [0.05, 0.1) is 45.3 Å². The van der Waals surface area contributed by atoms with Gasteiger partial charge < -0.3 is 45.8 Å². The van der Waals surface area contributed by atoms with E-state index in [9.17, 15) is 0 Å². The molecule has 66 heavy (non-hydrogen) atoms. The van der Waals surface area contributed by atoms with Crippen molar-refractivity contribution in [2.45, 2.75) is 302 Å². The molecule has 0 heterocycles. The van der Waals surface area contributed by atoms with E-state index >= 15 is 0 Å². The first-order valence-corrected chi connectivity index (χ1v) is 35.0. The Labute approximate surface area is 440 Å². The second-order valence-corrected chi connectivity index (χ2v) is 35.5. The third-order valence-electron chi connectivity index (χ3n) is 17.9. The van der Waals surface area contributed by atoms with Gasteiger partial charge in [-0.1, -0.05) is 51.4 Å². The molecule has 0 aliphatic heterocycles. The summed E-state index contributed by atoms with van der Waals surface area (Å²) in [5.41, 5.74) is 36.9. The first-order valence-electron chi connectivity index (χ1n) is 27.5. The molecule has 0 atom stereocenters. The Morgan fingerprint density at radius 1 is 0.273 bits per heavy atom. The Morgan fingerprint density at radius 3 is 0.455 bits per heavy atom. The number of hydrogen-bond donors (Lipinski definition) is 0. The van der Waals surface area contributed by atoms with Crippen LogP contribution in [0.15, 0.2) is 0 Å². The second kappa shape index (κ2) is 42.2. The maximum atomic E-state index is 6.75. The van der Waals surface area contributed by atoms with Gasteiger partial charge >= 0.3 is 21.1 Å². The molecule has 0 aromatic carbocycles. The summed E-state index contributed by atoms with van der Waals surface area (Å²) in [6.07, 6.45) is 64.1. The number of hydrogen-bond acceptors (Lipinski definition) is 2. The Kier molecular flexibility index (Phi) is 41.4. The second-order valence-electron chi connectivity index (χ2n) is 21.5. The quantitative estimate of drug-likeness (QED) is 0.0625. The molecule has 382 valence electrons. The molecule has 8 aliphatic rings. The summed E-state index contributed by atoms with van der Waals surface area (Å²) < 4.78 is 0. The molecule has 8 saturated carbocycles. The van der Waals surface area contributed by atoms with Crippen molar-refractivity contribution >= 4 is 31.7 Å². The van der Waals surface area contributed by atoms with E-state index in [1.54, 1.807) is 257 Å². The fourth-order valence-corrected chi connectivity index (χ4v) is 39.6. The molecule has 0 spiro atoms. The van der Waals surface area contributed by atoms with E-state index in [2.05, 4.69) is 0 Å². The third-order valence-corrected chi connectivity index (χ3v) is 37.4. The molecular formula is C52H96N8P4Pt2+2. The van der Waals surface area contributed by atoms with Gasteiger partial charge in [0.1, 0.15) is 0 Å². The Morgan fingerprint density at radius 2 is 0.364 bits per heavy atom. The number of rotatable bonds is 12. The van der Waals surface area contributed by atoms with Crippen LogP contribution in [0.5, 0.6) is 0 Å². The molecular weight excluding hydrogens is 1250 g/mol. The monoisotopic (exact) mass is 1350 g/mol. The zero-order chi connectivity index (χ0) is 46.0. The van der Waals surface area contributed by atoms with Crippen molar-refractivity contribution in [3.63, 3.8) is 0 Å². The Balaban J connectivity index is 0.000000539. The van der Waals surface area contributed by atoms with Gasteiger partial charge in [0.2, 0.25) is 0 Å². The van der Waals surface area contributed by atoms with Crippen molar-refractivity contribution in [2.24, 2.45) is 0 Å². The third kappa shape index (κ3) is 23.9. The van der Waals surface area contributed by atoms with Gasteiger partial charge in [0.25, 0.3) is 0 Å². The van der Waals surface area contributed by atoms with Gasteiger partial charge in [-0.2, -0.15) is 0 Å². The van der Waals surface area contributed by atoms with Crippen LogP contribution in [0.3, 0.4) is 0 Å². The van der Waals surface area contributed by atoms with Crippen LogP contribution in [-0.2, 0) is 42.1 Å². The van der Waals surface area contributed by atoms with Crippen LogP contribution in [0.25, 0.3) is 31.9 Å². The summed E-state index contributed by atoms with van der Waals surface area (Å²) in [6.45, 7) is 9.50. The summed E-state index contributed by atoms with van der Waals surface area (Å²) in [5.74, 6) is 3.72. The smallest absolute Gasteiger partial charge is 0.512 e. The topological polar surface area (TPSA) is 165 Å². The van der Waals surface area contributed by atoms with Crippen molar-refractivity contribution in [3.05, 3.63) is 45.1 Å². The SMILES string of the molecule is C1CCC([PH+](C[PH+](C2CCCCC2)C2CCCCC2)C2CCCCC2)CC1.C1CCC([PH+](C[PH+](C2CCCCC2)C2CCCCC2)C2CCCCC2)CC1.[C-]#N.[C-]#N.[N-]=[N+]=[N-].[N-]=[N+]=[N-].[Pt+2].[Pt]. The van der Waals surface area contributed by atoms with Crippen molar-refractivity contribution < 1.29 is 42.1 Å². The fraction of sp³-hybridized carbons (Fsp3) is 0.962. The van der Waals surface area contributed by atoms with E-state index in [-0.39, 0.29) is 73.8 Å². The van der Waals surface area contributed by atoms with Crippen LogP contribution in [0, 0.1) is 23.7 Å². The molecule has 8 fully saturated rings. The van der Waals surface area contributed by atoms with Crippen LogP contribution in [0.2, 0.25) is 0 Å². The molecule has 14 heteroatoms. The zero-order valence-electron chi connectivity index (χ0n) is 41.5. The largest absolute Gasteiger partial charge is 2.00 e. The Hall–Kier alpha value is 0.697. The van der Waals surface area contributed by atoms with Crippen molar-refractivity contribution in [2.75, 3.05) is 11.8 Å². The molecule has 0 bridgehead atoms. The first kappa shape index (κ1) is 64.7. The van der Waals surface area contributed by atoms with Gasteiger partial charge in [0.15, 0.2) is 11.8 Å². The molecule has 0 unspecified atom stereocenters. The molecule has 0 aromatic heterocycles. The summed E-state index contributed by atoms with van der Waals surface area (Å²) in [4.78, 5) is 3.00. The average molecular weight is 1350 g/mol. The van der Waals surface area contributed by atoms with E-state index in [1.807, 2.05) is 11.8 Å². The molecule has 0 radical (unpaired) electrons. The average Bonchev–Trinajstić information content (AvgIpc) is 3.39. The van der Waals surface area contributed by atoms with Crippen molar-refractivity contribution in [1.29, 1.82) is 10.5 Å². The van der Waals surface area contributed by atoms with Gasteiger partial charge in [-0.05, 0) is 205 Å². The standard InChI is InChI=1S/2C25H46P2.2CN.2N3.2Pt/c2*1-5-13-22(14-6-1)26(23-15-7-2-8-16-23)21-27(24-17-9-3-10-18-24)25-19-11-4-12-20-25;2*1-2;2*1-3-2;;/h2*22-25H,1-21H2;;;;;;/q;;4*-1;;+2/p+4. The van der Waals surface area contributed by atoms with Crippen LogP contribution in [-0.4, -0.2) is 57.1 Å². The summed E-state index contributed by atoms with van der Waals surface area (Å²) >= 11 is 0. The minimum absolute atomic E-state index is 0. The van der Waals surface area contributed by atoms with E-state index in [0.29, 0.717) is 0 Å². The molecule has 8 rings (SSSR count). The summed E-state index contributed by atoms with van der Waals surface area (Å²) in [7, 11) is -0.384. The fourth-order valence-electron chi connectivity index (χ4n) is 14.7. The first-order chi connectivity index (χ1) is 31.7. The van der Waals surface area contributed by atoms with E-state index < -0.39 is 0 Å². The Bertz CT molecular complexity index is 1010. The minimum Gasteiger partial charge on any atom is -0.512 e. The molecule has 0 saturated heterocycles. The van der Waals surface area contributed by atoms with E-state index in [0.717, 1.165) is 0 Å². The van der Waals surface area contributed by atoms with Crippen LogP contribution < -0.4 is 0 Å². The van der Waals surface area contributed by atoms with Crippen LogP contribution in [0.1, 0.15) is 257 Å².